The van der Waals surface area contributed by atoms with Crippen molar-refractivity contribution in [2.45, 2.75) is 6.61 Å². The summed E-state index contributed by atoms with van der Waals surface area (Å²) in [6, 6.07) is 11.4. The van der Waals surface area contributed by atoms with Crippen molar-refractivity contribution in [2.75, 3.05) is 0 Å². The van der Waals surface area contributed by atoms with Gasteiger partial charge in [0, 0.05) is 14.2 Å². The molecule has 0 amide bonds. The normalized spacial score (nSPS) is 10.2. The summed E-state index contributed by atoms with van der Waals surface area (Å²) in [5, 5.41) is 9.37. The molecule has 2 rings (SSSR count). The molecule has 0 aliphatic carbocycles. The molecule has 0 atom stereocenters. The van der Waals surface area contributed by atoms with Crippen LogP contribution in [0.4, 0.5) is 0 Å². The molecule has 0 saturated carbocycles. The van der Waals surface area contributed by atoms with Crippen molar-refractivity contribution in [2.24, 2.45) is 0 Å². The van der Waals surface area contributed by atoms with Crippen molar-refractivity contribution < 1.29 is 4.74 Å². The van der Waals surface area contributed by atoms with Crippen LogP contribution in [0.5, 0.6) is 5.75 Å². The zero-order valence-corrected chi connectivity index (χ0v) is 17.2. The van der Waals surface area contributed by atoms with Crippen LogP contribution >= 0.6 is 79.4 Å². The summed E-state index contributed by atoms with van der Waals surface area (Å²) < 4.78 is 9.20. The second kappa shape index (κ2) is 7.47. The third-order valence-electron chi connectivity index (χ3n) is 2.52. The minimum atomic E-state index is 0.386. The van der Waals surface area contributed by atoms with Crippen molar-refractivity contribution in [3.05, 3.63) is 57.2 Å². The highest BCUT2D eigenvalue weighted by Gasteiger charge is 2.10. The van der Waals surface area contributed by atoms with Crippen molar-refractivity contribution in [3.63, 3.8) is 0 Å². The van der Waals surface area contributed by atoms with Crippen LogP contribution in [0.15, 0.2) is 30.3 Å². The fourth-order valence-corrected chi connectivity index (χ4v) is 5.68. The lowest BCUT2D eigenvalue weighted by molar-refractivity contribution is 0.302. The van der Waals surface area contributed by atoms with Crippen LogP contribution in [0.25, 0.3) is 0 Å². The van der Waals surface area contributed by atoms with E-state index in [1.807, 2.05) is 6.07 Å². The molecule has 0 unspecified atom stereocenters. The number of hydrogen-bond acceptors (Lipinski definition) is 2. The molecule has 2 aromatic rings. The molecule has 20 heavy (non-hydrogen) atoms. The first-order chi connectivity index (χ1) is 9.51. The van der Waals surface area contributed by atoms with Crippen LogP contribution in [0, 0.1) is 22.0 Å². The number of halogens is 4. The van der Waals surface area contributed by atoms with Crippen LogP contribution in [0.2, 0.25) is 5.02 Å². The van der Waals surface area contributed by atoms with Gasteiger partial charge in [-0.25, -0.2) is 0 Å². The van der Waals surface area contributed by atoms with Gasteiger partial charge >= 0.3 is 0 Å². The van der Waals surface area contributed by atoms with Crippen LogP contribution in [0.3, 0.4) is 0 Å². The van der Waals surface area contributed by atoms with Gasteiger partial charge in [-0.05, 0) is 92.0 Å². The van der Waals surface area contributed by atoms with Crippen LogP contribution < -0.4 is 4.74 Å². The molecular formula is C14H7ClI3NO. The van der Waals surface area contributed by atoms with Crippen molar-refractivity contribution in [3.8, 4) is 11.8 Å². The molecule has 0 aromatic heterocycles. The maximum Gasteiger partial charge on any atom is 0.146 e. The minimum absolute atomic E-state index is 0.386. The molecule has 0 N–H and O–H groups in total. The quantitative estimate of drug-likeness (QED) is 0.418. The SMILES string of the molecule is N#Cc1ccc(COc2c(I)cc(I)cc2I)c(Cl)c1. The smallest absolute Gasteiger partial charge is 0.146 e. The maximum absolute atomic E-state index is 8.82. The molecule has 0 spiro atoms. The number of rotatable bonds is 3. The zero-order valence-electron chi connectivity index (χ0n) is 9.96. The van der Waals surface area contributed by atoms with Crippen LogP contribution in [-0.4, -0.2) is 0 Å². The Morgan fingerprint density at radius 1 is 1.10 bits per heavy atom. The van der Waals surface area contributed by atoms with Gasteiger partial charge in [0.05, 0.1) is 18.8 Å². The van der Waals surface area contributed by atoms with E-state index in [2.05, 4.69) is 86.0 Å². The molecule has 0 aliphatic heterocycles. The Hall–Kier alpha value is 0.210. The summed E-state index contributed by atoms with van der Waals surface area (Å²) in [6.45, 7) is 0.386. The third-order valence-corrected chi connectivity index (χ3v) is 5.09. The molecule has 6 heteroatoms. The van der Waals surface area contributed by atoms with Gasteiger partial charge in [0.25, 0.3) is 0 Å². The van der Waals surface area contributed by atoms with Gasteiger partial charge in [-0.2, -0.15) is 5.26 Å². The van der Waals surface area contributed by atoms with Crippen LogP contribution in [-0.2, 0) is 6.61 Å². The summed E-state index contributed by atoms with van der Waals surface area (Å²) in [5.74, 6) is 0.868. The van der Waals surface area contributed by atoms with E-state index in [4.69, 9.17) is 21.6 Å². The molecule has 2 aromatic carbocycles. The average Bonchev–Trinajstić information content (AvgIpc) is 2.39. The third kappa shape index (κ3) is 4.11. The number of nitriles is 1. The molecular weight excluding hydrogens is 614 g/mol. The van der Waals surface area contributed by atoms with E-state index >= 15 is 0 Å². The highest BCUT2D eigenvalue weighted by molar-refractivity contribution is 14.1. The van der Waals surface area contributed by atoms with E-state index in [0.717, 1.165) is 18.5 Å². The molecule has 2 nitrogen and oxygen atoms in total. The largest absolute Gasteiger partial charge is 0.487 e. The van der Waals surface area contributed by atoms with Gasteiger partial charge in [0.2, 0.25) is 0 Å². The molecule has 0 radical (unpaired) electrons. The number of nitrogens with zero attached hydrogens (tertiary/aromatic N) is 1. The van der Waals surface area contributed by atoms with Gasteiger partial charge in [-0.1, -0.05) is 17.7 Å². The molecule has 0 heterocycles. The topological polar surface area (TPSA) is 33.0 Å². The lowest BCUT2D eigenvalue weighted by Crippen LogP contribution is -2.00. The highest BCUT2D eigenvalue weighted by Crippen LogP contribution is 2.30. The van der Waals surface area contributed by atoms with Gasteiger partial charge in [-0.3, -0.25) is 0 Å². The van der Waals surface area contributed by atoms with E-state index in [9.17, 15) is 0 Å². The first-order valence-electron chi connectivity index (χ1n) is 5.47. The monoisotopic (exact) mass is 621 g/mol. The second-order valence-corrected chi connectivity index (χ2v) is 7.88. The number of hydrogen-bond donors (Lipinski definition) is 0. The van der Waals surface area contributed by atoms with Gasteiger partial charge in [0.1, 0.15) is 12.4 Å². The molecule has 0 saturated heterocycles. The maximum atomic E-state index is 8.82. The van der Waals surface area contributed by atoms with E-state index in [1.165, 1.54) is 3.57 Å². The Kier molecular flexibility index (Phi) is 6.19. The summed E-state index contributed by atoms with van der Waals surface area (Å²) in [4.78, 5) is 0. The predicted octanol–water partition coefficient (Wildman–Crippen LogP) is 5.60. The summed E-state index contributed by atoms with van der Waals surface area (Å²) in [7, 11) is 0. The van der Waals surface area contributed by atoms with E-state index in [-0.39, 0.29) is 0 Å². The van der Waals surface area contributed by atoms with E-state index in [1.54, 1.807) is 12.1 Å². The zero-order chi connectivity index (χ0) is 14.7. The molecule has 0 aliphatic rings. The lowest BCUT2D eigenvalue weighted by atomic mass is 10.1. The average molecular weight is 621 g/mol. The summed E-state index contributed by atoms with van der Waals surface area (Å²) in [5.41, 5.74) is 1.42. The molecule has 102 valence electrons. The fourth-order valence-electron chi connectivity index (χ4n) is 1.55. The number of benzene rings is 2. The summed E-state index contributed by atoms with van der Waals surface area (Å²) >= 11 is 13.0. The van der Waals surface area contributed by atoms with E-state index < -0.39 is 0 Å². The molecule has 0 bridgehead atoms. The lowest BCUT2D eigenvalue weighted by Gasteiger charge is -2.12. The molecule has 0 fully saturated rings. The van der Waals surface area contributed by atoms with Crippen molar-refractivity contribution in [1.29, 1.82) is 5.26 Å². The number of ether oxygens (including phenoxy) is 1. The Morgan fingerprint density at radius 3 is 2.30 bits per heavy atom. The standard InChI is InChI=1S/C14H7ClI3NO/c15-11-3-8(6-19)1-2-9(11)7-20-14-12(17)4-10(16)5-13(14)18/h1-5H,7H2. The van der Waals surface area contributed by atoms with E-state index in [0.29, 0.717) is 17.2 Å². The highest BCUT2D eigenvalue weighted by atomic mass is 127. The van der Waals surface area contributed by atoms with Crippen molar-refractivity contribution in [1.82, 2.24) is 0 Å². The van der Waals surface area contributed by atoms with Gasteiger partial charge in [0.15, 0.2) is 0 Å². The van der Waals surface area contributed by atoms with Crippen LogP contribution in [0.1, 0.15) is 11.1 Å². The summed E-state index contributed by atoms with van der Waals surface area (Å²) in [6.07, 6.45) is 0. The first-order valence-corrected chi connectivity index (χ1v) is 9.08. The van der Waals surface area contributed by atoms with Gasteiger partial charge < -0.3 is 4.74 Å². The Bertz CT molecular complexity index is 674. The Morgan fingerprint density at radius 2 is 1.75 bits per heavy atom. The van der Waals surface area contributed by atoms with Crippen molar-refractivity contribution >= 4 is 79.4 Å². The minimum Gasteiger partial charge on any atom is -0.487 e. The first kappa shape index (κ1) is 16.6. The van der Waals surface area contributed by atoms with Gasteiger partial charge in [-0.15, -0.1) is 0 Å². The Labute approximate surface area is 163 Å². The fraction of sp³-hybridized carbons (Fsp3) is 0.0714. The Balaban J connectivity index is 2.20. The predicted molar refractivity (Wildman–Crippen MR) is 105 cm³/mol. The second-order valence-electron chi connectivity index (χ2n) is 3.91.